The first-order valence-corrected chi connectivity index (χ1v) is 8.70. The third-order valence-corrected chi connectivity index (χ3v) is 5.44. The quantitative estimate of drug-likeness (QED) is 0.732. The Morgan fingerprint density at radius 3 is 2.20 bits per heavy atom. The SMILES string of the molecule is CS(=O)(=O)N1CCC(C(=O)N2CCC[C@@H]2C(N)=O)CC1. The third kappa shape index (κ3) is 3.12. The molecule has 0 aromatic carbocycles. The van der Waals surface area contributed by atoms with Crippen LogP contribution in [0.25, 0.3) is 0 Å². The molecule has 20 heavy (non-hydrogen) atoms. The number of nitrogens with zero attached hydrogens (tertiary/aromatic N) is 2. The van der Waals surface area contributed by atoms with E-state index in [0.717, 1.165) is 6.42 Å². The highest BCUT2D eigenvalue weighted by Gasteiger charge is 2.37. The van der Waals surface area contributed by atoms with Gasteiger partial charge in [0.15, 0.2) is 0 Å². The van der Waals surface area contributed by atoms with E-state index in [0.29, 0.717) is 38.9 Å². The molecule has 1 atom stereocenters. The molecule has 2 saturated heterocycles. The predicted octanol–water partition coefficient (Wildman–Crippen LogP) is -0.866. The Bertz CT molecular complexity index is 497. The molecule has 0 bridgehead atoms. The van der Waals surface area contributed by atoms with Gasteiger partial charge in [0.1, 0.15) is 6.04 Å². The molecule has 2 aliphatic heterocycles. The van der Waals surface area contributed by atoms with Gasteiger partial charge in [-0.1, -0.05) is 0 Å². The van der Waals surface area contributed by atoms with Gasteiger partial charge in [-0.25, -0.2) is 12.7 Å². The standard InChI is InChI=1S/C12H21N3O4S/c1-20(18,19)14-7-4-9(5-8-14)12(17)15-6-2-3-10(15)11(13)16/h9-10H,2-8H2,1H3,(H2,13,16)/t10-/m1/s1. The summed E-state index contributed by atoms with van der Waals surface area (Å²) in [6, 6.07) is -0.490. The van der Waals surface area contributed by atoms with Crippen molar-refractivity contribution in [1.82, 2.24) is 9.21 Å². The van der Waals surface area contributed by atoms with Crippen molar-refractivity contribution >= 4 is 21.8 Å². The Morgan fingerprint density at radius 2 is 1.70 bits per heavy atom. The normalized spacial score (nSPS) is 25.9. The fourth-order valence-electron chi connectivity index (χ4n) is 3.00. The maximum Gasteiger partial charge on any atom is 0.240 e. The molecule has 0 saturated carbocycles. The minimum atomic E-state index is -3.18. The van der Waals surface area contributed by atoms with Crippen LogP contribution in [0, 0.1) is 5.92 Å². The monoisotopic (exact) mass is 303 g/mol. The van der Waals surface area contributed by atoms with Crippen molar-refractivity contribution in [1.29, 1.82) is 0 Å². The van der Waals surface area contributed by atoms with E-state index in [2.05, 4.69) is 0 Å². The third-order valence-electron chi connectivity index (χ3n) is 4.14. The number of carbonyl (C=O) groups excluding carboxylic acids is 2. The number of amides is 2. The van der Waals surface area contributed by atoms with Crippen LogP contribution >= 0.6 is 0 Å². The van der Waals surface area contributed by atoms with Gasteiger partial charge >= 0.3 is 0 Å². The second-order valence-electron chi connectivity index (χ2n) is 5.53. The Kier molecular flexibility index (Phi) is 4.33. The Balaban J connectivity index is 1.97. The van der Waals surface area contributed by atoms with Crippen molar-refractivity contribution in [2.45, 2.75) is 31.7 Å². The highest BCUT2D eigenvalue weighted by molar-refractivity contribution is 7.88. The summed E-state index contributed by atoms with van der Waals surface area (Å²) < 4.78 is 24.3. The number of nitrogens with two attached hydrogens (primary N) is 1. The van der Waals surface area contributed by atoms with Crippen molar-refractivity contribution < 1.29 is 18.0 Å². The summed E-state index contributed by atoms with van der Waals surface area (Å²) in [5, 5.41) is 0. The molecule has 0 unspecified atom stereocenters. The van der Waals surface area contributed by atoms with Crippen LogP contribution in [0.4, 0.5) is 0 Å². The van der Waals surface area contributed by atoms with Crippen LogP contribution in [0.15, 0.2) is 0 Å². The minimum Gasteiger partial charge on any atom is -0.368 e. The highest BCUT2D eigenvalue weighted by atomic mass is 32.2. The maximum atomic E-state index is 12.4. The molecule has 2 rings (SSSR count). The van der Waals surface area contributed by atoms with Crippen molar-refractivity contribution in [3.63, 3.8) is 0 Å². The van der Waals surface area contributed by atoms with E-state index < -0.39 is 22.0 Å². The zero-order valence-corrected chi connectivity index (χ0v) is 12.4. The second kappa shape index (κ2) is 5.69. The highest BCUT2D eigenvalue weighted by Crippen LogP contribution is 2.25. The molecular formula is C12H21N3O4S. The lowest BCUT2D eigenvalue weighted by molar-refractivity contribution is -0.141. The van der Waals surface area contributed by atoms with Gasteiger partial charge in [-0.05, 0) is 25.7 Å². The molecular weight excluding hydrogens is 282 g/mol. The summed E-state index contributed by atoms with van der Waals surface area (Å²) in [6.45, 7) is 1.30. The number of carbonyl (C=O) groups is 2. The molecule has 2 amide bonds. The molecule has 0 aromatic rings. The molecule has 2 fully saturated rings. The number of likely N-dealkylation sites (tertiary alicyclic amines) is 1. The molecule has 114 valence electrons. The number of rotatable bonds is 3. The first kappa shape index (κ1) is 15.2. The van der Waals surface area contributed by atoms with Gasteiger partial charge < -0.3 is 10.6 Å². The van der Waals surface area contributed by atoms with E-state index in [4.69, 9.17) is 5.73 Å². The molecule has 2 N–H and O–H groups in total. The van der Waals surface area contributed by atoms with Crippen molar-refractivity contribution in [2.75, 3.05) is 25.9 Å². The van der Waals surface area contributed by atoms with Gasteiger partial charge in [0.05, 0.1) is 6.26 Å². The maximum absolute atomic E-state index is 12.4. The summed E-state index contributed by atoms with van der Waals surface area (Å²) in [5.41, 5.74) is 5.31. The van der Waals surface area contributed by atoms with Crippen LogP contribution in [-0.2, 0) is 19.6 Å². The number of hydrogen-bond acceptors (Lipinski definition) is 4. The summed E-state index contributed by atoms with van der Waals surface area (Å²) in [5.74, 6) is -0.711. The van der Waals surface area contributed by atoms with E-state index in [-0.39, 0.29) is 11.8 Å². The smallest absolute Gasteiger partial charge is 0.240 e. The van der Waals surface area contributed by atoms with Crippen molar-refractivity contribution in [3.8, 4) is 0 Å². The van der Waals surface area contributed by atoms with Crippen LogP contribution in [0.3, 0.4) is 0 Å². The molecule has 0 aromatic heterocycles. The lowest BCUT2D eigenvalue weighted by Gasteiger charge is -2.33. The zero-order valence-electron chi connectivity index (χ0n) is 11.6. The molecule has 0 aliphatic carbocycles. The summed E-state index contributed by atoms with van der Waals surface area (Å²) in [7, 11) is -3.18. The van der Waals surface area contributed by atoms with Gasteiger partial charge in [-0.3, -0.25) is 9.59 Å². The fraction of sp³-hybridized carbons (Fsp3) is 0.833. The molecule has 0 radical (unpaired) electrons. The van der Waals surface area contributed by atoms with E-state index in [1.165, 1.54) is 10.6 Å². The zero-order chi connectivity index (χ0) is 14.9. The molecule has 2 heterocycles. The average Bonchev–Trinajstić information content (AvgIpc) is 2.86. The first-order chi connectivity index (χ1) is 9.30. The minimum absolute atomic E-state index is 0.0561. The topological polar surface area (TPSA) is 101 Å². The van der Waals surface area contributed by atoms with E-state index in [1.54, 1.807) is 4.90 Å². The molecule has 0 spiro atoms. The van der Waals surface area contributed by atoms with E-state index in [1.807, 2.05) is 0 Å². The van der Waals surface area contributed by atoms with E-state index >= 15 is 0 Å². The Morgan fingerprint density at radius 1 is 1.10 bits per heavy atom. The number of piperidine rings is 1. The van der Waals surface area contributed by atoms with Gasteiger partial charge in [0.2, 0.25) is 21.8 Å². The van der Waals surface area contributed by atoms with Crippen LogP contribution in [-0.4, -0.2) is 61.4 Å². The summed E-state index contributed by atoms with van der Waals surface area (Å²) in [4.78, 5) is 25.3. The fourth-order valence-corrected chi connectivity index (χ4v) is 3.87. The van der Waals surface area contributed by atoms with Gasteiger partial charge in [0.25, 0.3) is 0 Å². The number of hydrogen-bond donors (Lipinski definition) is 1. The van der Waals surface area contributed by atoms with Crippen molar-refractivity contribution in [3.05, 3.63) is 0 Å². The molecule has 7 nitrogen and oxygen atoms in total. The molecule has 8 heteroatoms. The lowest BCUT2D eigenvalue weighted by atomic mass is 9.96. The van der Waals surface area contributed by atoms with Crippen LogP contribution in [0.1, 0.15) is 25.7 Å². The molecule has 2 aliphatic rings. The number of primary amides is 1. The first-order valence-electron chi connectivity index (χ1n) is 6.85. The van der Waals surface area contributed by atoms with Gasteiger partial charge in [-0.15, -0.1) is 0 Å². The van der Waals surface area contributed by atoms with Gasteiger partial charge in [-0.2, -0.15) is 0 Å². The van der Waals surface area contributed by atoms with Crippen LogP contribution in [0.5, 0.6) is 0 Å². The van der Waals surface area contributed by atoms with Crippen molar-refractivity contribution in [2.24, 2.45) is 11.7 Å². The second-order valence-corrected chi connectivity index (χ2v) is 7.51. The predicted molar refractivity (Wildman–Crippen MR) is 73.1 cm³/mol. The van der Waals surface area contributed by atoms with Crippen LogP contribution < -0.4 is 5.73 Å². The average molecular weight is 303 g/mol. The van der Waals surface area contributed by atoms with Gasteiger partial charge in [0, 0.05) is 25.6 Å². The van der Waals surface area contributed by atoms with E-state index in [9.17, 15) is 18.0 Å². The lowest BCUT2D eigenvalue weighted by Crippen LogP contribution is -2.48. The number of sulfonamides is 1. The summed E-state index contributed by atoms with van der Waals surface area (Å²) in [6.07, 6.45) is 3.62. The summed E-state index contributed by atoms with van der Waals surface area (Å²) >= 11 is 0. The largest absolute Gasteiger partial charge is 0.368 e. The Hall–Kier alpha value is -1.15. The Labute approximate surface area is 119 Å². The van der Waals surface area contributed by atoms with Crippen LogP contribution in [0.2, 0.25) is 0 Å².